The van der Waals surface area contributed by atoms with E-state index in [1.165, 1.54) is 16.3 Å². The third-order valence-corrected chi connectivity index (χ3v) is 5.87. The summed E-state index contributed by atoms with van der Waals surface area (Å²) < 4.78 is 11.1. The van der Waals surface area contributed by atoms with Gasteiger partial charge in [0, 0.05) is 10.9 Å². The molecule has 5 aromatic rings. The van der Waals surface area contributed by atoms with Crippen LogP contribution in [-0.2, 0) is 0 Å². The first kappa shape index (κ1) is 19.3. The van der Waals surface area contributed by atoms with E-state index in [1.807, 2.05) is 36.4 Å². The van der Waals surface area contributed by atoms with Crippen LogP contribution in [0, 0.1) is 0 Å². The first-order valence-corrected chi connectivity index (χ1v) is 11.0. The summed E-state index contributed by atoms with van der Waals surface area (Å²) in [5.41, 5.74) is 5.18. The second kappa shape index (κ2) is 8.29. The van der Waals surface area contributed by atoms with Gasteiger partial charge in [0.15, 0.2) is 11.5 Å². The predicted octanol–water partition coefficient (Wildman–Crippen LogP) is 7.51. The van der Waals surface area contributed by atoms with Crippen LogP contribution in [0.2, 0.25) is 0 Å². The molecule has 3 nitrogen and oxygen atoms in total. The molecule has 0 fully saturated rings. The van der Waals surface area contributed by atoms with E-state index in [9.17, 15) is 0 Å². The summed E-state index contributed by atoms with van der Waals surface area (Å²) in [6, 6.07) is 31.1. The largest absolute Gasteiger partial charge is 0.454 e. The van der Waals surface area contributed by atoms with Crippen LogP contribution in [0.1, 0.15) is 11.1 Å². The van der Waals surface area contributed by atoms with Gasteiger partial charge in [0.25, 0.3) is 0 Å². The van der Waals surface area contributed by atoms with Crippen molar-refractivity contribution in [2.75, 3.05) is 6.79 Å². The van der Waals surface area contributed by atoms with Crippen LogP contribution in [0.15, 0.2) is 103 Å². The summed E-state index contributed by atoms with van der Waals surface area (Å²) in [6.45, 7) is 0.262. The molecule has 33 heavy (non-hydrogen) atoms. The highest BCUT2D eigenvalue weighted by Gasteiger charge is 2.15. The minimum Gasteiger partial charge on any atom is -0.454 e. The van der Waals surface area contributed by atoms with Crippen LogP contribution in [0.25, 0.3) is 45.1 Å². The Kier molecular flexibility index (Phi) is 4.85. The minimum absolute atomic E-state index is 0.262. The highest BCUT2D eigenvalue weighted by molar-refractivity contribution is 6.10. The maximum atomic E-state index is 5.58. The van der Waals surface area contributed by atoms with Gasteiger partial charge in [-0.3, -0.25) is 0 Å². The van der Waals surface area contributed by atoms with Gasteiger partial charge in [-0.25, -0.2) is 4.98 Å². The molecule has 0 atom stereocenters. The Morgan fingerprint density at radius 3 is 2.45 bits per heavy atom. The predicted molar refractivity (Wildman–Crippen MR) is 135 cm³/mol. The molecule has 0 bridgehead atoms. The van der Waals surface area contributed by atoms with E-state index >= 15 is 0 Å². The molecule has 2 heterocycles. The first-order chi connectivity index (χ1) is 16.3. The maximum absolute atomic E-state index is 5.58. The fraction of sp³-hybridized carbons (Fsp3) is 0.0333. The van der Waals surface area contributed by atoms with E-state index in [-0.39, 0.29) is 6.79 Å². The molecule has 0 saturated heterocycles. The molecule has 0 amide bonds. The number of hydrogen-bond donors (Lipinski definition) is 0. The van der Waals surface area contributed by atoms with Gasteiger partial charge in [0.2, 0.25) is 6.79 Å². The first-order valence-electron chi connectivity index (χ1n) is 11.0. The van der Waals surface area contributed by atoms with Crippen molar-refractivity contribution in [3.8, 4) is 22.8 Å². The zero-order valence-electron chi connectivity index (χ0n) is 17.9. The highest BCUT2D eigenvalue weighted by atomic mass is 16.7. The number of ether oxygens (including phenoxy) is 2. The molecule has 3 heteroatoms. The summed E-state index contributed by atoms with van der Waals surface area (Å²) >= 11 is 0. The average Bonchev–Trinajstić information content (AvgIpc) is 3.35. The zero-order chi connectivity index (χ0) is 22.0. The van der Waals surface area contributed by atoms with Crippen molar-refractivity contribution in [2.45, 2.75) is 0 Å². The average molecular weight is 428 g/mol. The lowest BCUT2D eigenvalue weighted by molar-refractivity contribution is 0.174. The summed E-state index contributed by atoms with van der Waals surface area (Å²) in [6.07, 6.45) is 8.43. The van der Waals surface area contributed by atoms with Gasteiger partial charge in [0.1, 0.15) is 0 Å². The van der Waals surface area contributed by atoms with Crippen LogP contribution in [-0.4, -0.2) is 11.8 Å². The summed E-state index contributed by atoms with van der Waals surface area (Å²) in [5.74, 6) is 1.53. The smallest absolute Gasteiger partial charge is 0.231 e. The van der Waals surface area contributed by atoms with E-state index in [4.69, 9.17) is 14.5 Å². The Hall–Kier alpha value is -4.37. The van der Waals surface area contributed by atoms with Crippen LogP contribution >= 0.6 is 0 Å². The molecule has 158 valence electrons. The van der Waals surface area contributed by atoms with E-state index in [1.54, 1.807) is 0 Å². The van der Waals surface area contributed by atoms with E-state index in [0.29, 0.717) is 0 Å². The van der Waals surface area contributed by atoms with Gasteiger partial charge >= 0.3 is 0 Å². The molecule has 1 aliphatic rings. The Balaban J connectivity index is 1.49. The molecule has 0 aliphatic carbocycles. The SMILES string of the molecule is C(C=Cc1cc(-c2ccc3c(c2)OCO3)nc2ccc3ccccc3c12)=Cc1ccccc1. The second-order valence-corrected chi connectivity index (χ2v) is 7.97. The number of hydrogen-bond acceptors (Lipinski definition) is 3. The lowest BCUT2D eigenvalue weighted by atomic mass is 9.98. The van der Waals surface area contributed by atoms with Crippen LogP contribution in [0.4, 0.5) is 0 Å². The standard InChI is InChI=1S/C30H21NO2/c1-2-8-21(9-3-1)10-4-5-12-24-18-27(23-15-17-28-29(19-23)33-20-32-28)31-26-16-14-22-11-6-7-13-25(22)30(24)26/h1-19H,20H2. The monoisotopic (exact) mass is 427 g/mol. The van der Waals surface area contributed by atoms with Crippen LogP contribution in [0.3, 0.4) is 0 Å². The molecule has 1 aromatic heterocycles. The van der Waals surface area contributed by atoms with E-state index in [2.05, 4.69) is 78.9 Å². The van der Waals surface area contributed by atoms with Crippen molar-refractivity contribution in [2.24, 2.45) is 0 Å². The van der Waals surface area contributed by atoms with Crippen molar-refractivity contribution in [3.05, 3.63) is 114 Å². The molecule has 6 rings (SSSR count). The maximum Gasteiger partial charge on any atom is 0.231 e. The fourth-order valence-electron chi connectivity index (χ4n) is 4.26. The van der Waals surface area contributed by atoms with Crippen molar-refractivity contribution >= 4 is 33.8 Å². The summed E-state index contributed by atoms with van der Waals surface area (Å²) in [5, 5.41) is 3.56. The number of nitrogens with zero attached hydrogens (tertiary/aromatic N) is 1. The molecular weight excluding hydrogens is 406 g/mol. The van der Waals surface area contributed by atoms with Gasteiger partial charge in [0.05, 0.1) is 11.2 Å². The Bertz CT molecular complexity index is 1530. The van der Waals surface area contributed by atoms with Crippen molar-refractivity contribution in [3.63, 3.8) is 0 Å². The molecular formula is C30H21NO2. The molecule has 0 unspecified atom stereocenters. The third kappa shape index (κ3) is 3.74. The molecule has 4 aromatic carbocycles. The number of rotatable bonds is 4. The highest BCUT2D eigenvalue weighted by Crippen LogP contribution is 2.37. The topological polar surface area (TPSA) is 31.4 Å². The number of pyridine rings is 1. The molecule has 0 saturated carbocycles. The molecule has 0 N–H and O–H groups in total. The van der Waals surface area contributed by atoms with Crippen LogP contribution in [0.5, 0.6) is 11.5 Å². The number of aromatic nitrogens is 1. The van der Waals surface area contributed by atoms with E-state index in [0.717, 1.165) is 39.2 Å². The van der Waals surface area contributed by atoms with Crippen molar-refractivity contribution in [1.29, 1.82) is 0 Å². The van der Waals surface area contributed by atoms with Crippen molar-refractivity contribution < 1.29 is 9.47 Å². The van der Waals surface area contributed by atoms with E-state index < -0.39 is 0 Å². The quantitative estimate of drug-likeness (QED) is 0.220. The number of benzene rings is 4. The van der Waals surface area contributed by atoms with Gasteiger partial charge in [-0.15, -0.1) is 0 Å². The van der Waals surface area contributed by atoms with Gasteiger partial charge in [-0.2, -0.15) is 0 Å². The molecule has 0 radical (unpaired) electrons. The third-order valence-electron chi connectivity index (χ3n) is 5.87. The van der Waals surface area contributed by atoms with Gasteiger partial charge in [-0.05, 0) is 52.2 Å². The Morgan fingerprint density at radius 2 is 1.52 bits per heavy atom. The fourth-order valence-corrected chi connectivity index (χ4v) is 4.26. The van der Waals surface area contributed by atoms with Gasteiger partial charge in [-0.1, -0.05) is 85.0 Å². The molecule has 1 aliphatic heterocycles. The summed E-state index contributed by atoms with van der Waals surface area (Å²) in [7, 11) is 0. The Morgan fingerprint density at radius 1 is 0.697 bits per heavy atom. The zero-order valence-corrected chi connectivity index (χ0v) is 17.9. The number of allylic oxidation sites excluding steroid dienone is 2. The molecule has 0 spiro atoms. The van der Waals surface area contributed by atoms with Gasteiger partial charge < -0.3 is 9.47 Å². The van der Waals surface area contributed by atoms with Crippen LogP contribution < -0.4 is 9.47 Å². The lowest BCUT2D eigenvalue weighted by Crippen LogP contribution is -1.93. The Labute approximate surface area is 192 Å². The minimum atomic E-state index is 0.262. The van der Waals surface area contributed by atoms with Crippen molar-refractivity contribution in [1.82, 2.24) is 4.98 Å². The lowest BCUT2D eigenvalue weighted by Gasteiger charge is -2.11. The summed E-state index contributed by atoms with van der Waals surface area (Å²) in [4.78, 5) is 5.01. The normalized spacial score (nSPS) is 13.0. The number of fused-ring (bicyclic) bond motifs is 4. The second-order valence-electron chi connectivity index (χ2n) is 7.97.